The number of rotatable bonds is 64. The van der Waals surface area contributed by atoms with Gasteiger partial charge >= 0.3 is 5.97 Å². The zero-order valence-corrected chi connectivity index (χ0v) is 57.2. The molecule has 492 valence electrons. The van der Waals surface area contributed by atoms with Gasteiger partial charge in [-0.05, 0) is 109 Å². The van der Waals surface area contributed by atoms with Crippen molar-refractivity contribution in [1.82, 2.24) is 5.32 Å². The normalized spacial score (nSPS) is 14.1. The molecular weight excluding hydrogens is 1070 g/mol. The van der Waals surface area contributed by atoms with E-state index in [1.165, 1.54) is 180 Å². The number of quaternary nitrogens is 1. The van der Waals surface area contributed by atoms with Crippen molar-refractivity contribution in [3.63, 3.8) is 0 Å². The van der Waals surface area contributed by atoms with Crippen LogP contribution < -0.4 is 10.2 Å². The van der Waals surface area contributed by atoms with Crippen LogP contribution in [0.15, 0.2) is 97.2 Å². The monoisotopic (exact) mass is 1210 g/mol. The van der Waals surface area contributed by atoms with Crippen LogP contribution in [0.25, 0.3) is 0 Å². The van der Waals surface area contributed by atoms with Crippen molar-refractivity contribution in [3.05, 3.63) is 97.2 Å². The third-order valence-electron chi connectivity index (χ3n) is 15.5. The largest absolute Gasteiger partial charge is 0.756 e. The molecule has 9 nitrogen and oxygen atoms in total. The van der Waals surface area contributed by atoms with Crippen LogP contribution in [0.3, 0.4) is 0 Å². The molecule has 0 radical (unpaired) electrons. The first-order valence-corrected chi connectivity index (χ1v) is 37.0. The highest BCUT2D eigenvalue weighted by atomic mass is 31.2. The maximum atomic E-state index is 13.6. The molecule has 3 atom stereocenters. The van der Waals surface area contributed by atoms with E-state index in [-0.39, 0.29) is 24.9 Å². The Balaban J connectivity index is 5.02. The Morgan fingerprint density at radius 2 is 0.753 bits per heavy atom. The average Bonchev–Trinajstić information content (AvgIpc) is 3.59. The summed E-state index contributed by atoms with van der Waals surface area (Å²) in [5.74, 6) is -0.543. The Morgan fingerprint density at radius 3 is 1.15 bits per heavy atom. The van der Waals surface area contributed by atoms with Gasteiger partial charge in [-0.1, -0.05) is 292 Å². The Bertz CT molecular complexity index is 1780. The van der Waals surface area contributed by atoms with Crippen molar-refractivity contribution in [1.29, 1.82) is 0 Å². The fraction of sp³-hybridized carbons (Fsp3) is 0.760. The minimum Gasteiger partial charge on any atom is -0.756 e. The molecule has 0 aromatic carbocycles. The quantitative estimate of drug-likeness (QED) is 0.0212. The van der Waals surface area contributed by atoms with E-state index in [2.05, 4.69) is 111 Å². The van der Waals surface area contributed by atoms with E-state index in [1.807, 2.05) is 33.3 Å². The van der Waals surface area contributed by atoms with Crippen LogP contribution in [0, 0.1) is 0 Å². The molecule has 0 saturated carbocycles. The van der Waals surface area contributed by atoms with Gasteiger partial charge in [0.1, 0.15) is 19.3 Å². The van der Waals surface area contributed by atoms with E-state index in [1.54, 1.807) is 0 Å². The number of phosphoric ester groups is 1. The lowest BCUT2D eigenvalue weighted by atomic mass is 10.0. The van der Waals surface area contributed by atoms with Crippen molar-refractivity contribution in [3.8, 4) is 0 Å². The van der Waals surface area contributed by atoms with Crippen molar-refractivity contribution < 1.29 is 37.3 Å². The fourth-order valence-electron chi connectivity index (χ4n) is 10.1. The molecule has 3 unspecified atom stereocenters. The van der Waals surface area contributed by atoms with Crippen LogP contribution in [0.5, 0.6) is 0 Å². The highest BCUT2D eigenvalue weighted by Crippen LogP contribution is 2.38. The Kier molecular flexibility index (Phi) is 61.6. The lowest BCUT2D eigenvalue weighted by Crippen LogP contribution is -2.47. The van der Waals surface area contributed by atoms with Gasteiger partial charge in [0.05, 0.1) is 33.8 Å². The molecule has 0 saturated heterocycles. The lowest BCUT2D eigenvalue weighted by molar-refractivity contribution is -0.870. The van der Waals surface area contributed by atoms with Crippen LogP contribution in [0.2, 0.25) is 0 Å². The Hall–Kier alpha value is -3.07. The predicted molar refractivity (Wildman–Crippen MR) is 367 cm³/mol. The molecule has 1 N–H and O–H groups in total. The number of hydrogen-bond donors (Lipinski definition) is 1. The van der Waals surface area contributed by atoms with Gasteiger partial charge in [0.2, 0.25) is 5.91 Å². The zero-order valence-electron chi connectivity index (χ0n) is 56.3. The first-order valence-electron chi connectivity index (χ1n) is 35.5. The molecule has 0 rings (SSSR count). The molecule has 0 bridgehead atoms. The molecule has 0 heterocycles. The van der Waals surface area contributed by atoms with Crippen molar-refractivity contribution >= 4 is 19.7 Å². The summed E-state index contributed by atoms with van der Waals surface area (Å²) in [6, 6.07) is -0.896. The molecule has 85 heavy (non-hydrogen) atoms. The van der Waals surface area contributed by atoms with Crippen LogP contribution in [0.4, 0.5) is 0 Å². The number of amides is 1. The lowest BCUT2D eigenvalue weighted by Gasteiger charge is -2.30. The number of likely N-dealkylation sites (N-methyl/N-ethyl adjacent to an activating group) is 1. The number of allylic oxidation sites excluding steroid dienone is 15. The molecule has 0 aliphatic rings. The molecule has 0 aromatic rings. The van der Waals surface area contributed by atoms with Crippen LogP contribution in [-0.2, 0) is 27.9 Å². The molecule has 1 amide bonds. The second kappa shape index (κ2) is 63.9. The van der Waals surface area contributed by atoms with Crippen LogP contribution >= 0.6 is 7.82 Å². The Labute approximate surface area is 526 Å². The summed E-state index contributed by atoms with van der Waals surface area (Å²) in [6.07, 6.45) is 86.7. The summed E-state index contributed by atoms with van der Waals surface area (Å²) in [7, 11) is 1.18. The summed E-state index contributed by atoms with van der Waals surface area (Å²) in [5, 5.41) is 3.04. The third-order valence-corrected chi connectivity index (χ3v) is 16.5. The standard InChI is InChI=1S/C75H135N2O7P/c1-7-10-13-16-19-22-25-27-29-31-33-35-36-37-38-39-40-42-44-46-48-50-53-56-59-62-65-68-75(79)84-73(66-63-60-57-54-51-24-21-18-15-12-9-3)72(71-83-85(80,81)82-70-69-77(4,5)6)76-74(78)67-64-61-58-55-52-49-47-45-43-41-34-32-30-28-26-23-20-17-14-11-8-2/h10,13,19-20,22-23,27-30,33,35,37-38,63,66,72-73H,7-9,11-12,14-18,21,24-26,31-32,34,36,39-62,64-65,67-71H2,1-6H3,(H-,76,78,80,81)/b13-10-,22-19-,23-20-,29-27-,30-28-,35-33-,38-37-,66-63-. The average molecular weight is 1210 g/mol. The van der Waals surface area contributed by atoms with E-state index in [4.69, 9.17) is 13.8 Å². The van der Waals surface area contributed by atoms with Gasteiger partial charge in [-0.3, -0.25) is 14.2 Å². The van der Waals surface area contributed by atoms with Gasteiger partial charge in [-0.15, -0.1) is 0 Å². The molecule has 0 aromatic heterocycles. The van der Waals surface area contributed by atoms with Gasteiger partial charge in [-0.25, -0.2) is 0 Å². The van der Waals surface area contributed by atoms with E-state index in [0.717, 1.165) is 103 Å². The highest BCUT2D eigenvalue weighted by Gasteiger charge is 2.27. The molecule has 10 heteroatoms. The van der Waals surface area contributed by atoms with Gasteiger partial charge in [0, 0.05) is 12.8 Å². The van der Waals surface area contributed by atoms with E-state index in [9.17, 15) is 19.0 Å². The number of nitrogens with zero attached hydrogens (tertiary/aromatic N) is 1. The van der Waals surface area contributed by atoms with Crippen molar-refractivity contribution in [2.75, 3.05) is 40.9 Å². The number of nitrogens with one attached hydrogen (secondary N) is 1. The number of esters is 1. The number of unbranched alkanes of at least 4 members (excludes halogenated alkanes) is 34. The van der Waals surface area contributed by atoms with E-state index >= 15 is 0 Å². The first-order chi connectivity index (χ1) is 41.4. The number of carbonyl (C=O) groups excluding carboxylic acids is 2. The minimum absolute atomic E-state index is 0.0260. The second-order valence-corrected chi connectivity index (χ2v) is 26.4. The Morgan fingerprint density at radius 1 is 0.424 bits per heavy atom. The molecule has 0 aliphatic carbocycles. The molecular formula is C75H135N2O7P. The zero-order chi connectivity index (χ0) is 62.1. The number of ether oxygens (including phenoxy) is 1. The summed E-state index contributed by atoms with van der Waals surface area (Å²) in [4.78, 5) is 40.2. The predicted octanol–water partition coefficient (Wildman–Crippen LogP) is 22.0. The van der Waals surface area contributed by atoms with Crippen molar-refractivity contribution in [2.45, 2.75) is 328 Å². The maximum Gasteiger partial charge on any atom is 0.306 e. The van der Waals surface area contributed by atoms with Crippen LogP contribution in [-0.4, -0.2) is 69.4 Å². The highest BCUT2D eigenvalue weighted by molar-refractivity contribution is 7.45. The van der Waals surface area contributed by atoms with E-state index < -0.39 is 26.6 Å². The fourth-order valence-corrected chi connectivity index (χ4v) is 10.8. The van der Waals surface area contributed by atoms with E-state index in [0.29, 0.717) is 17.4 Å². The second-order valence-electron chi connectivity index (χ2n) is 25.0. The topological polar surface area (TPSA) is 114 Å². The summed E-state index contributed by atoms with van der Waals surface area (Å²) >= 11 is 0. The number of hydrogen-bond acceptors (Lipinski definition) is 7. The summed E-state index contributed by atoms with van der Waals surface area (Å²) in [5.41, 5.74) is 0. The third kappa shape index (κ3) is 65.2. The SMILES string of the molecule is CC/C=C\C/C=C\C/C=C\C/C=C\C/C=C\CCCCCCCCCCCCCC(=O)OC(/C=C\CCCCCCCCCCC)C(COP(=O)([O-])OCC[N+](C)(C)C)NC(=O)CCCCCCCCCCCCC/C=C\C/C=C\CCCCC. The van der Waals surface area contributed by atoms with Crippen LogP contribution in [0.1, 0.15) is 316 Å². The molecule has 0 spiro atoms. The minimum atomic E-state index is -4.71. The van der Waals surface area contributed by atoms with Gasteiger partial charge in [0.25, 0.3) is 7.82 Å². The van der Waals surface area contributed by atoms with Gasteiger partial charge < -0.3 is 28.5 Å². The summed E-state index contributed by atoms with van der Waals surface area (Å²) < 4.78 is 30.4. The number of phosphoric acid groups is 1. The molecule has 0 fully saturated rings. The number of carbonyl (C=O) groups is 2. The molecule has 0 aliphatic heterocycles. The van der Waals surface area contributed by atoms with Gasteiger partial charge in [0.15, 0.2) is 0 Å². The summed E-state index contributed by atoms with van der Waals surface area (Å²) in [6.45, 7) is 6.72. The first kappa shape index (κ1) is 81.9. The van der Waals surface area contributed by atoms with Gasteiger partial charge in [-0.2, -0.15) is 0 Å². The smallest absolute Gasteiger partial charge is 0.306 e. The maximum absolute atomic E-state index is 13.6. The van der Waals surface area contributed by atoms with Crippen molar-refractivity contribution in [2.24, 2.45) is 0 Å².